The molecule has 5 heteroatoms. The highest BCUT2D eigenvalue weighted by Crippen LogP contribution is 2.14. The molecule has 3 aromatic rings. The predicted octanol–water partition coefficient (Wildman–Crippen LogP) is 4.01. The van der Waals surface area contributed by atoms with E-state index < -0.39 is 6.10 Å². The van der Waals surface area contributed by atoms with Crippen LogP contribution in [0.3, 0.4) is 0 Å². The van der Waals surface area contributed by atoms with Gasteiger partial charge in [-0.1, -0.05) is 35.9 Å². The second kappa shape index (κ2) is 9.22. The molecular weight excluding hydrogens is 350 g/mol. The number of amides is 1. The molecule has 0 aliphatic carbocycles. The lowest BCUT2D eigenvalue weighted by atomic mass is 10.1. The minimum Gasteiger partial charge on any atom is -0.481 e. The highest BCUT2D eigenvalue weighted by molar-refractivity contribution is 5.80. The van der Waals surface area contributed by atoms with E-state index in [0.717, 1.165) is 29.8 Å². The standard InChI is InChI=1S/C23H27N3O2/c1-17-11-13-22(14-12-17)28-19(3)23(27)24-15-7-8-20-16-26(25-18(20)2)21-9-5-4-6-10-21/h4-6,9-14,16,19H,7-8,15H2,1-3H3,(H,24,27). The largest absolute Gasteiger partial charge is 0.481 e. The van der Waals surface area contributed by atoms with Crippen LogP contribution in [0.15, 0.2) is 60.8 Å². The van der Waals surface area contributed by atoms with Crippen molar-refractivity contribution in [1.82, 2.24) is 15.1 Å². The van der Waals surface area contributed by atoms with E-state index in [0.29, 0.717) is 12.3 Å². The molecule has 0 saturated heterocycles. The Bertz CT molecular complexity index is 901. The summed E-state index contributed by atoms with van der Waals surface area (Å²) in [6.45, 7) is 6.41. The lowest BCUT2D eigenvalue weighted by Crippen LogP contribution is -2.36. The Balaban J connectivity index is 1.44. The average molecular weight is 377 g/mol. The number of ether oxygens (including phenoxy) is 1. The Morgan fingerprint density at radius 2 is 1.82 bits per heavy atom. The summed E-state index contributed by atoms with van der Waals surface area (Å²) in [4.78, 5) is 12.2. The van der Waals surface area contributed by atoms with E-state index in [1.807, 2.05) is 73.1 Å². The van der Waals surface area contributed by atoms with Crippen LogP contribution in [0.1, 0.15) is 30.2 Å². The molecule has 28 heavy (non-hydrogen) atoms. The van der Waals surface area contributed by atoms with Crippen LogP contribution in [-0.4, -0.2) is 28.3 Å². The van der Waals surface area contributed by atoms with Crippen molar-refractivity contribution in [2.45, 2.75) is 39.7 Å². The first-order valence-electron chi connectivity index (χ1n) is 9.64. The summed E-state index contributed by atoms with van der Waals surface area (Å²) in [5.41, 5.74) is 4.43. The summed E-state index contributed by atoms with van der Waals surface area (Å²) < 4.78 is 7.60. The number of aromatic nitrogens is 2. The maximum Gasteiger partial charge on any atom is 0.260 e. The van der Waals surface area contributed by atoms with Crippen molar-refractivity contribution in [3.05, 3.63) is 77.6 Å². The number of benzene rings is 2. The third-order valence-electron chi connectivity index (χ3n) is 4.65. The van der Waals surface area contributed by atoms with Gasteiger partial charge in [0.05, 0.1) is 11.4 Å². The van der Waals surface area contributed by atoms with Crippen molar-refractivity contribution in [1.29, 1.82) is 0 Å². The number of para-hydroxylation sites is 1. The number of carbonyl (C=O) groups excluding carboxylic acids is 1. The number of nitrogens with one attached hydrogen (secondary N) is 1. The van der Waals surface area contributed by atoms with Gasteiger partial charge in [-0.3, -0.25) is 4.79 Å². The van der Waals surface area contributed by atoms with Crippen LogP contribution >= 0.6 is 0 Å². The summed E-state index contributed by atoms with van der Waals surface area (Å²) in [5.74, 6) is 0.606. The molecule has 0 spiro atoms. The molecule has 0 fully saturated rings. The Morgan fingerprint density at radius 3 is 2.54 bits per heavy atom. The van der Waals surface area contributed by atoms with Crippen LogP contribution in [-0.2, 0) is 11.2 Å². The van der Waals surface area contributed by atoms with Gasteiger partial charge in [-0.2, -0.15) is 5.10 Å². The molecular formula is C23H27N3O2. The highest BCUT2D eigenvalue weighted by Gasteiger charge is 2.14. The maximum absolute atomic E-state index is 12.2. The lowest BCUT2D eigenvalue weighted by molar-refractivity contribution is -0.127. The molecule has 1 aromatic heterocycles. The fourth-order valence-corrected chi connectivity index (χ4v) is 2.96. The molecule has 146 valence electrons. The first kappa shape index (κ1) is 19.7. The van der Waals surface area contributed by atoms with E-state index in [2.05, 4.69) is 16.6 Å². The second-order valence-electron chi connectivity index (χ2n) is 6.99. The molecule has 1 unspecified atom stereocenters. The van der Waals surface area contributed by atoms with E-state index in [1.165, 1.54) is 5.56 Å². The Morgan fingerprint density at radius 1 is 1.11 bits per heavy atom. The quantitative estimate of drug-likeness (QED) is 0.604. The third kappa shape index (κ3) is 5.22. The summed E-state index contributed by atoms with van der Waals surface area (Å²) >= 11 is 0. The average Bonchev–Trinajstić information content (AvgIpc) is 3.08. The molecule has 3 rings (SSSR count). The molecule has 0 radical (unpaired) electrons. The topological polar surface area (TPSA) is 56.1 Å². The first-order chi connectivity index (χ1) is 13.5. The molecule has 1 amide bonds. The summed E-state index contributed by atoms with van der Waals surface area (Å²) in [5, 5.41) is 7.54. The van der Waals surface area contributed by atoms with Crippen molar-refractivity contribution in [2.24, 2.45) is 0 Å². The Kier molecular flexibility index (Phi) is 6.48. The molecule has 2 aromatic carbocycles. The highest BCUT2D eigenvalue weighted by atomic mass is 16.5. The number of carbonyl (C=O) groups is 1. The van der Waals surface area contributed by atoms with Gasteiger partial charge in [0.2, 0.25) is 0 Å². The van der Waals surface area contributed by atoms with Gasteiger partial charge >= 0.3 is 0 Å². The molecule has 5 nitrogen and oxygen atoms in total. The van der Waals surface area contributed by atoms with E-state index in [9.17, 15) is 4.79 Å². The number of hydrogen-bond acceptors (Lipinski definition) is 3. The Hall–Kier alpha value is -3.08. The molecule has 0 bridgehead atoms. The molecule has 1 heterocycles. The van der Waals surface area contributed by atoms with E-state index >= 15 is 0 Å². The molecule has 1 N–H and O–H groups in total. The number of aryl methyl sites for hydroxylation is 3. The van der Waals surface area contributed by atoms with Crippen molar-refractivity contribution >= 4 is 5.91 Å². The Labute approximate surface area is 166 Å². The smallest absolute Gasteiger partial charge is 0.260 e. The second-order valence-corrected chi connectivity index (χ2v) is 6.99. The minimum atomic E-state index is -0.523. The van der Waals surface area contributed by atoms with Crippen molar-refractivity contribution in [2.75, 3.05) is 6.54 Å². The van der Waals surface area contributed by atoms with Crippen molar-refractivity contribution in [3.8, 4) is 11.4 Å². The third-order valence-corrected chi connectivity index (χ3v) is 4.65. The van der Waals surface area contributed by atoms with Crippen LogP contribution in [0, 0.1) is 13.8 Å². The van der Waals surface area contributed by atoms with Gasteiger partial charge in [-0.25, -0.2) is 4.68 Å². The molecule has 1 atom stereocenters. The summed E-state index contributed by atoms with van der Waals surface area (Å²) in [6.07, 6.45) is 3.26. The lowest BCUT2D eigenvalue weighted by Gasteiger charge is -2.14. The fraction of sp³-hybridized carbons (Fsp3) is 0.304. The van der Waals surface area contributed by atoms with Gasteiger partial charge in [0.25, 0.3) is 5.91 Å². The van der Waals surface area contributed by atoms with Crippen LogP contribution in [0.2, 0.25) is 0 Å². The summed E-state index contributed by atoms with van der Waals surface area (Å²) in [7, 11) is 0. The number of nitrogens with zero attached hydrogens (tertiary/aromatic N) is 2. The monoisotopic (exact) mass is 377 g/mol. The summed E-state index contributed by atoms with van der Waals surface area (Å²) in [6, 6.07) is 17.8. The van der Waals surface area contributed by atoms with Crippen LogP contribution < -0.4 is 10.1 Å². The molecule has 0 aliphatic rings. The SMILES string of the molecule is Cc1ccc(OC(C)C(=O)NCCCc2cn(-c3ccccc3)nc2C)cc1. The first-order valence-corrected chi connectivity index (χ1v) is 9.64. The predicted molar refractivity (Wildman–Crippen MR) is 111 cm³/mol. The van der Waals surface area contributed by atoms with Gasteiger partial charge < -0.3 is 10.1 Å². The van der Waals surface area contributed by atoms with Crippen LogP contribution in [0.5, 0.6) is 5.75 Å². The maximum atomic E-state index is 12.2. The minimum absolute atomic E-state index is 0.0997. The van der Waals surface area contributed by atoms with E-state index in [-0.39, 0.29) is 5.91 Å². The zero-order valence-electron chi connectivity index (χ0n) is 16.7. The van der Waals surface area contributed by atoms with Crippen LogP contribution in [0.25, 0.3) is 5.69 Å². The zero-order chi connectivity index (χ0) is 19.9. The fourth-order valence-electron chi connectivity index (χ4n) is 2.96. The van der Waals surface area contributed by atoms with Gasteiger partial charge in [-0.15, -0.1) is 0 Å². The zero-order valence-corrected chi connectivity index (χ0v) is 16.7. The van der Waals surface area contributed by atoms with Gasteiger partial charge in [-0.05, 0) is 63.4 Å². The van der Waals surface area contributed by atoms with Crippen LogP contribution in [0.4, 0.5) is 0 Å². The van der Waals surface area contributed by atoms with Gasteiger partial charge in [0.1, 0.15) is 5.75 Å². The van der Waals surface area contributed by atoms with E-state index in [4.69, 9.17) is 4.74 Å². The number of hydrogen-bond donors (Lipinski definition) is 1. The van der Waals surface area contributed by atoms with Gasteiger partial charge in [0.15, 0.2) is 6.10 Å². The molecule has 0 aliphatic heterocycles. The van der Waals surface area contributed by atoms with E-state index in [1.54, 1.807) is 6.92 Å². The normalized spacial score (nSPS) is 11.8. The van der Waals surface area contributed by atoms with Crippen molar-refractivity contribution < 1.29 is 9.53 Å². The number of rotatable bonds is 8. The molecule has 0 saturated carbocycles. The van der Waals surface area contributed by atoms with Crippen molar-refractivity contribution in [3.63, 3.8) is 0 Å². The van der Waals surface area contributed by atoms with Gasteiger partial charge in [0, 0.05) is 12.7 Å².